The minimum atomic E-state index is -4.90. The van der Waals surface area contributed by atoms with Crippen molar-refractivity contribution in [2.24, 2.45) is 0 Å². The molecule has 4 aromatic heterocycles. The van der Waals surface area contributed by atoms with Gasteiger partial charge in [-0.15, -0.1) is 0 Å². The van der Waals surface area contributed by atoms with Crippen LogP contribution in [0.5, 0.6) is 11.5 Å². The van der Waals surface area contributed by atoms with Gasteiger partial charge in [0.05, 0.1) is 0 Å². The quantitative estimate of drug-likeness (QED) is 0.176. The zero-order chi connectivity index (χ0) is 30.2. The van der Waals surface area contributed by atoms with Gasteiger partial charge >= 0.3 is 262 Å². The third kappa shape index (κ3) is 1.95. The van der Waals surface area contributed by atoms with Crippen molar-refractivity contribution in [3.05, 3.63) is 108 Å². The second kappa shape index (κ2) is 6.54. The molecule has 0 N–H and O–H groups in total. The number of para-hydroxylation sites is 2. The van der Waals surface area contributed by atoms with Crippen molar-refractivity contribution in [1.29, 1.82) is 0 Å². The van der Waals surface area contributed by atoms with Crippen LogP contribution in [0.4, 0.5) is 0 Å². The summed E-state index contributed by atoms with van der Waals surface area (Å²) in [4.78, 5) is 0. The second-order valence-corrected chi connectivity index (χ2v) is 20.5. The number of rotatable bonds is 0. The summed E-state index contributed by atoms with van der Waals surface area (Å²) in [5, 5.41) is 3.54. The van der Waals surface area contributed by atoms with E-state index in [0.29, 0.717) is 43.1 Å². The van der Waals surface area contributed by atoms with Crippen LogP contribution in [-0.4, -0.2) is 34.6 Å². The van der Waals surface area contributed by atoms with E-state index < -0.39 is 31.1 Å². The monoisotopic (exact) mass is 732 g/mol. The minimum absolute atomic E-state index is 0.276. The molecule has 11 heteroatoms. The van der Waals surface area contributed by atoms with E-state index in [1.165, 1.54) is 0 Å². The van der Waals surface area contributed by atoms with Crippen LogP contribution in [0.1, 0.15) is 11.1 Å². The van der Waals surface area contributed by atoms with Crippen molar-refractivity contribution < 1.29 is 29.2 Å². The Morgan fingerprint density at radius 3 is 1.41 bits per heavy atom. The van der Waals surface area contributed by atoms with Crippen LogP contribution >= 0.6 is 0 Å². The van der Waals surface area contributed by atoms with E-state index in [2.05, 4.69) is 18.3 Å². The van der Waals surface area contributed by atoms with Gasteiger partial charge in [0.25, 0.3) is 0 Å². The van der Waals surface area contributed by atoms with E-state index in [4.69, 9.17) is 4.74 Å². The van der Waals surface area contributed by atoms with Crippen LogP contribution in [0.2, 0.25) is 0 Å². The fourth-order valence-electron chi connectivity index (χ4n) is 9.33. The Bertz CT molecular complexity index is 2990. The Morgan fingerprint density at radius 1 is 0.500 bits per heavy atom. The fraction of sp³-hybridized carbons (Fsp3) is 0.0286. The predicted molar refractivity (Wildman–Crippen MR) is 166 cm³/mol. The second-order valence-electron chi connectivity index (χ2n) is 12.6. The van der Waals surface area contributed by atoms with Crippen LogP contribution in [0.15, 0.2) is 97.3 Å². The predicted octanol–water partition coefficient (Wildman–Crippen LogP) is 1.95. The van der Waals surface area contributed by atoms with Crippen LogP contribution in [-0.2, 0) is 21.0 Å². The summed E-state index contributed by atoms with van der Waals surface area (Å²) in [6.07, 6.45) is 3.87. The summed E-state index contributed by atoms with van der Waals surface area (Å²) in [5.74, 6) is 2.40. The van der Waals surface area contributed by atoms with Gasteiger partial charge in [0.15, 0.2) is 0 Å². The first-order valence-electron chi connectivity index (χ1n) is 14.9. The van der Waals surface area contributed by atoms with E-state index in [9.17, 15) is 15.3 Å². The maximum atomic E-state index is 14.5. The van der Waals surface area contributed by atoms with E-state index in [-0.39, 0.29) is 8.92 Å². The molecule has 0 fully saturated rings. The van der Waals surface area contributed by atoms with E-state index in [1.54, 1.807) is 36.4 Å². The molecule has 0 saturated carbocycles. The molecule has 13 rings (SSSR count). The van der Waals surface area contributed by atoms with Gasteiger partial charge in [-0.2, -0.15) is 0 Å². The van der Waals surface area contributed by atoms with E-state index in [1.807, 2.05) is 60.9 Å². The molecule has 0 saturated heterocycles. The number of ether oxygens (including phenoxy) is 1. The zero-order valence-corrected chi connectivity index (χ0v) is 26.8. The molecule has 5 aliphatic heterocycles. The van der Waals surface area contributed by atoms with E-state index >= 15 is 0 Å². The summed E-state index contributed by atoms with van der Waals surface area (Å²) in [7, 11) is 0. The summed E-state index contributed by atoms with van der Waals surface area (Å²) in [5.41, 5.74) is 3.56. The molecule has 4 aromatic carbocycles. The molecule has 1 spiro atoms. The molecule has 46 heavy (non-hydrogen) atoms. The summed E-state index contributed by atoms with van der Waals surface area (Å²) in [6, 6.07) is 26.0. The van der Waals surface area contributed by atoms with Crippen molar-refractivity contribution in [2.45, 2.75) is 5.66 Å². The van der Waals surface area contributed by atoms with Crippen molar-refractivity contribution in [2.75, 3.05) is 0 Å². The molecular weight excluding hydrogens is 714 g/mol. The fourth-order valence-corrected chi connectivity index (χ4v) is 16.2. The van der Waals surface area contributed by atoms with E-state index in [0.717, 1.165) is 43.7 Å². The van der Waals surface area contributed by atoms with Crippen molar-refractivity contribution in [3.63, 3.8) is 0 Å². The molecule has 0 unspecified atom stereocenters. The molecule has 9 nitrogen and oxygen atoms in total. The van der Waals surface area contributed by atoms with Crippen LogP contribution in [0, 0.1) is 0 Å². The first kappa shape index (κ1) is 23.2. The number of hydrogen-bond acceptors (Lipinski definition) is 5. The standard InChI is InChI=1S/C35H16N4O5Se2/c40-45(41)23-7-1-5-17-19-11-13-21-27-31(19)38(29(17)23)33-25(45)9-3-15-36(33)35(27)28-22(44-21)14-12-20-18-6-2-8-24-30(18)39(32(20)28)34-26(46(24,42)43)10-4-16-37(34)35/h1-16H/q+2. The molecule has 0 aliphatic carbocycles. The number of pyridine rings is 2. The topological polar surface area (TPSA) is 95.1 Å². The normalized spacial score (nSPS) is 18.2. The first-order chi connectivity index (χ1) is 22.4. The van der Waals surface area contributed by atoms with Gasteiger partial charge in [0.2, 0.25) is 0 Å². The zero-order valence-electron chi connectivity index (χ0n) is 23.4. The third-order valence-electron chi connectivity index (χ3n) is 10.8. The number of nitrogens with zero attached hydrogens (tertiary/aromatic N) is 4. The van der Waals surface area contributed by atoms with Crippen LogP contribution in [0.25, 0.3) is 55.2 Å². The Hall–Kier alpha value is -5.18. The first-order valence-corrected chi connectivity index (χ1v) is 21.1. The summed E-state index contributed by atoms with van der Waals surface area (Å²) in [6.45, 7) is 0. The van der Waals surface area contributed by atoms with Crippen molar-refractivity contribution in [1.82, 2.24) is 9.13 Å². The Morgan fingerprint density at radius 2 is 0.935 bits per heavy atom. The SMILES string of the molecule is O=[Se]1(=O)c2ccc[n+]3c2-n2c4c1cccc4c1ccc4c(c12)C31c2c(ccc3c5cccc6c5n(c23)-c2c(ccc[n+]21)[Se]6(=O)=O)O4. The molecule has 0 amide bonds. The third-order valence-corrected chi connectivity index (χ3v) is 18.4. The van der Waals surface area contributed by atoms with Gasteiger partial charge in [-0.25, -0.2) is 0 Å². The number of benzene rings is 4. The maximum absolute atomic E-state index is 14.5. The van der Waals surface area contributed by atoms with Crippen molar-refractivity contribution in [3.8, 4) is 23.1 Å². The average Bonchev–Trinajstić information content (AvgIpc) is 3.59. The van der Waals surface area contributed by atoms with Crippen molar-refractivity contribution >= 4 is 86.9 Å². The van der Waals surface area contributed by atoms with Crippen LogP contribution < -0.4 is 31.7 Å². The number of aromatic nitrogens is 4. The van der Waals surface area contributed by atoms with Gasteiger partial charge in [-0.3, -0.25) is 0 Å². The van der Waals surface area contributed by atoms with Gasteiger partial charge in [-0.05, 0) is 0 Å². The molecule has 216 valence electrons. The molecule has 8 aromatic rings. The molecule has 0 bridgehead atoms. The Balaban J connectivity index is 1.43. The molecule has 0 radical (unpaired) electrons. The Labute approximate surface area is 261 Å². The van der Waals surface area contributed by atoms with Gasteiger partial charge < -0.3 is 0 Å². The number of hydrogen-bond donors (Lipinski definition) is 0. The van der Waals surface area contributed by atoms with Gasteiger partial charge in [0.1, 0.15) is 0 Å². The van der Waals surface area contributed by atoms with Crippen LogP contribution in [0.3, 0.4) is 0 Å². The van der Waals surface area contributed by atoms with Gasteiger partial charge in [-0.1, -0.05) is 0 Å². The average molecular weight is 730 g/mol. The summed E-state index contributed by atoms with van der Waals surface area (Å²) >= 11 is -9.80. The summed E-state index contributed by atoms with van der Waals surface area (Å²) < 4.78 is 74.4. The number of fused-ring (bicyclic) bond motifs is 2. The molecule has 9 heterocycles. The van der Waals surface area contributed by atoms with Gasteiger partial charge in [0, 0.05) is 0 Å². The molecular formula is C35H16N4O5Se2+2. The molecule has 0 atom stereocenters. The Kier molecular flexibility index (Phi) is 3.30. The molecule has 5 aliphatic rings.